The number of aliphatic carboxylic acids is 1. The van der Waals surface area contributed by atoms with Crippen LogP contribution in [0.3, 0.4) is 0 Å². The SMILES string of the molecule is O=C(O)Cc1cnc2c(-c3cccc(F)c3)n[nH]c2c1. The molecule has 0 fully saturated rings. The Morgan fingerprint density at radius 3 is 2.95 bits per heavy atom. The van der Waals surface area contributed by atoms with E-state index in [-0.39, 0.29) is 12.2 Å². The number of hydrogen-bond donors (Lipinski definition) is 2. The number of aromatic amines is 1. The van der Waals surface area contributed by atoms with Crippen LogP contribution < -0.4 is 0 Å². The molecule has 3 rings (SSSR count). The second-order valence-corrected chi connectivity index (χ2v) is 4.39. The lowest BCUT2D eigenvalue weighted by atomic mass is 10.1. The van der Waals surface area contributed by atoms with E-state index in [2.05, 4.69) is 15.2 Å². The van der Waals surface area contributed by atoms with Gasteiger partial charge in [0.2, 0.25) is 0 Å². The molecular formula is C14H10FN3O2. The van der Waals surface area contributed by atoms with Gasteiger partial charge in [-0.3, -0.25) is 14.9 Å². The summed E-state index contributed by atoms with van der Waals surface area (Å²) < 4.78 is 13.2. The third-order valence-corrected chi connectivity index (χ3v) is 2.91. The Morgan fingerprint density at radius 2 is 2.20 bits per heavy atom. The van der Waals surface area contributed by atoms with Crippen LogP contribution in [0.2, 0.25) is 0 Å². The minimum absolute atomic E-state index is 0.0999. The molecule has 0 amide bonds. The quantitative estimate of drug-likeness (QED) is 0.766. The van der Waals surface area contributed by atoms with E-state index in [9.17, 15) is 9.18 Å². The Kier molecular flexibility index (Phi) is 2.90. The van der Waals surface area contributed by atoms with E-state index in [4.69, 9.17) is 5.11 Å². The van der Waals surface area contributed by atoms with Crippen molar-refractivity contribution in [3.8, 4) is 11.3 Å². The first kappa shape index (κ1) is 12.3. The second-order valence-electron chi connectivity index (χ2n) is 4.39. The van der Waals surface area contributed by atoms with Crippen LogP contribution >= 0.6 is 0 Å². The van der Waals surface area contributed by atoms with Crippen LogP contribution in [-0.4, -0.2) is 26.3 Å². The largest absolute Gasteiger partial charge is 0.481 e. The maximum Gasteiger partial charge on any atom is 0.307 e. The lowest BCUT2D eigenvalue weighted by molar-refractivity contribution is -0.136. The van der Waals surface area contributed by atoms with E-state index in [1.807, 2.05) is 0 Å². The number of rotatable bonds is 3. The highest BCUT2D eigenvalue weighted by atomic mass is 19.1. The molecule has 0 atom stereocenters. The molecule has 0 saturated heterocycles. The van der Waals surface area contributed by atoms with Gasteiger partial charge in [-0.15, -0.1) is 0 Å². The molecule has 0 aliphatic heterocycles. The third kappa shape index (κ3) is 2.23. The van der Waals surface area contributed by atoms with Crippen LogP contribution in [0.4, 0.5) is 4.39 Å². The maximum atomic E-state index is 13.2. The fourth-order valence-corrected chi connectivity index (χ4v) is 2.06. The van der Waals surface area contributed by atoms with E-state index in [1.54, 1.807) is 18.2 Å². The second kappa shape index (κ2) is 4.73. The van der Waals surface area contributed by atoms with Gasteiger partial charge in [-0.1, -0.05) is 12.1 Å². The maximum absolute atomic E-state index is 13.2. The Labute approximate surface area is 113 Å². The molecule has 2 N–H and O–H groups in total. The summed E-state index contributed by atoms with van der Waals surface area (Å²) in [6, 6.07) is 7.76. The molecule has 100 valence electrons. The normalized spacial score (nSPS) is 10.8. The van der Waals surface area contributed by atoms with E-state index >= 15 is 0 Å². The molecule has 0 bridgehead atoms. The minimum atomic E-state index is -0.920. The molecule has 0 aliphatic rings. The first-order chi connectivity index (χ1) is 9.63. The zero-order valence-corrected chi connectivity index (χ0v) is 10.3. The third-order valence-electron chi connectivity index (χ3n) is 2.91. The summed E-state index contributed by atoms with van der Waals surface area (Å²) in [5.41, 5.74) is 2.96. The first-order valence-electron chi connectivity index (χ1n) is 5.94. The Bertz CT molecular complexity index is 798. The highest BCUT2D eigenvalue weighted by Gasteiger charge is 2.11. The van der Waals surface area contributed by atoms with Gasteiger partial charge in [-0.05, 0) is 23.8 Å². The van der Waals surface area contributed by atoms with Crippen LogP contribution in [0.25, 0.3) is 22.3 Å². The zero-order valence-electron chi connectivity index (χ0n) is 10.3. The molecule has 3 aromatic rings. The topological polar surface area (TPSA) is 78.9 Å². The Balaban J connectivity index is 2.08. The molecular weight excluding hydrogens is 261 g/mol. The van der Waals surface area contributed by atoms with Crippen LogP contribution in [-0.2, 0) is 11.2 Å². The Hall–Kier alpha value is -2.76. The van der Waals surface area contributed by atoms with Crippen molar-refractivity contribution >= 4 is 17.0 Å². The number of nitrogens with one attached hydrogen (secondary N) is 1. The number of aromatic nitrogens is 3. The number of pyridine rings is 1. The lowest BCUT2D eigenvalue weighted by Gasteiger charge is -1.99. The van der Waals surface area contributed by atoms with Crippen molar-refractivity contribution in [3.05, 3.63) is 47.9 Å². The number of hydrogen-bond acceptors (Lipinski definition) is 3. The summed E-state index contributed by atoms with van der Waals surface area (Å²) in [4.78, 5) is 14.9. The van der Waals surface area contributed by atoms with Crippen LogP contribution in [0.1, 0.15) is 5.56 Å². The molecule has 0 spiro atoms. The van der Waals surface area contributed by atoms with Crippen LogP contribution in [0.5, 0.6) is 0 Å². The summed E-state index contributed by atoms with van der Waals surface area (Å²) in [6.07, 6.45) is 1.39. The molecule has 0 radical (unpaired) electrons. The predicted octanol–water partition coefficient (Wildman–Crippen LogP) is 2.39. The van der Waals surface area contributed by atoms with E-state index < -0.39 is 5.97 Å². The summed E-state index contributed by atoms with van der Waals surface area (Å²) in [5.74, 6) is -1.27. The van der Waals surface area contributed by atoms with Crippen molar-refractivity contribution in [2.45, 2.75) is 6.42 Å². The number of carboxylic acid groups (broad SMARTS) is 1. The van der Waals surface area contributed by atoms with Gasteiger partial charge < -0.3 is 5.11 Å². The van der Waals surface area contributed by atoms with E-state index in [0.717, 1.165) is 0 Å². The molecule has 0 saturated carbocycles. The molecule has 1 aromatic carbocycles. The number of nitrogens with zero attached hydrogens (tertiary/aromatic N) is 2. The number of benzene rings is 1. The van der Waals surface area contributed by atoms with Gasteiger partial charge in [0.25, 0.3) is 0 Å². The molecule has 0 unspecified atom stereocenters. The fourth-order valence-electron chi connectivity index (χ4n) is 2.06. The van der Waals surface area contributed by atoms with Crippen molar-refractivity contribution in [1.29, 1.82) is 0 Å². The number of fused-ring (bicyclic) bond motifs is 1. The van der Waals surface area contributed by atoms with Gasteiger partial charge in [-0.25, -0.2) is 4.39 Å². The fraction of sp³-hybridized carbons (Fsp3) is 0.0714. The predicted molar refractivity (Wildman–Crippen MR) is 70.6 cm³/mol. The standard InChI is InChI=1S/C14H10FN3O2/c15-10-3-1-2-9(6-10)13-14-11(17-18-13)4-8(7-16-14)5-12(19)20/h1-4,6-7H,5H2,(H,17,18)(H,19,20). The van der Waals surface area contributed by atoms with Crippen LogP contribution in [0, 0.1) is 5.82 Å². The molecule has 6 heteroatoms. The average molecular weight is 271 g/mol. The summed E-state index contributed by atoms with van der Waals surface area (Å²) in [6.45, 7) is 0. The zero-order chi connectivity index (χ0) is 14.1. The van der Waals surface area contributed by atoms with Gasteiger partial charge in [0, 0.05) is 11.8 Å². The number of carbonyl (C=O) groups is 1. The minimum Gasteiger partial charge on any atom is -0.481 e. The molecule has 2 aromatic heterocycles. The van der Waals surface area contributed by atoms with Crippen molar-refractivity contribution in [3.63, 3.8) is 0 Å². The van der Waals surface area contributed by atoms with Crippen LogP contribution in [0.15, 0.2) is 36.5 Å². The molecule has 2 heterocycles. The van der Waals surface area contributed by atoms with Gasteiger partial charge in [0.1, 0.15) is 17.0 Å². The van der Waals surface area contributed by atoms with Gasteiger partial charge >= 0.3 is 5.97 Å². The van der Waals surface area contributed by atoms with Crippen molar-refractivity contribution in [2.24, 2.45) is 0 Å². The van der Waals surface area contributed by atoms with Gasteiger partial charge in [-0.2, -0.15) is 5.10 Å². The number of carboxylic acids is 1. The summed E-state index contributed by atoms with van der Waals surface area (Å²) >= 11 is 0. The smallest absolute Gasteiger partial charge is 0.307 e. The lowest BCUT2D eigenvalue weighted by Crippen LogP contribution is -2.00. The van der Waals surface area contributed by atoms with E-state index in [1.165, 1.54) is 18.3 Å². The van der Waals surface area contributed by atoms with Crippen molar-refractivity contribution in [2.75, 3.05) is 0 Å². The average Bonchev–Trinajstić information content (AvgIpc) is 2.81. The van der Waals surface area contributed by atoms with Gasteiger partial charge in [0.15, 0.2) is 0 Å². The number of H-pyrrole nitrogens is 1. The molecule has 0 aliphatic carbocycles. The van der Waals surface area contributed by atoms with Gasteiger partial charge in [0.05, 0.1) is 11.9 Å². The van der Waals surface area contributed by atoms with Crippen molar-refractivity contribution < 1.29 is 14.3 Å². The Morgan fingerprint density at radius 1 is 1.35 bits per heavy atom. The first-order valence-corrected chi connectivity index (χ1v) is 5.94. The molecule has 5 nitrogen and oxygen atoms in total. The summed E-state index contributed by atoms with van der Waals surface area (Å²) in [7, 11) is 0. The van der Waals surface area contributed by atoms with Crippen molar-refractivity contribution in [1.82, 2.24) is 15.2 Å². The monoisotopic (exact) mass is 271 g/mol. The summed E-state index contributed by atoms with van der Waals surface area (Å²) in [5, 5.41) is 15.7. The molecule has 20 heavy (non-hydrogen) atoms. The highest BCUT2D eigenvalue weighted by molar-refractivity contribution is 5.90. The van der Waals surface area contributed by atoms with E-state index in [0.29, 0.717) is 27.9 Å². The number of halogens is 1. The highest BCUT2D eigenvalue weighted by Crippen LogP contribution is 2.25.